The fraction of sp³-hybridized carbons (Fsp3) is 0.692. The Balaban J connectivity index is 2.65. The summed E-state index contributed by atoms with van der Waals surface area (Å²) in [5.41, 5.74) is 6.52. The molecule has 17 heavy (non-hydrogen) atoms. The summed E-state index contributed by atoms with van der Waals surface area (Å²) in [7, 11) is 0. The van der Waals surface area contributed by atoms with Crippen LogP contribution in [0.1, 0.15) is 51.8 Å². The molecular formula is C13H23N3O. The lowest BCUT2D eigenvalue weighted by molar-refractivity contribution is -0.119. The fourth-order valence-electron chi connectivity index (χ4n) is 1.88. The van der Waals surface area contributed by atoms with Gasteiger partial charge in [-0.1, -0.05) is 20.8 Å². The smallest absolute Gasteiger partial charge is 0.155 e. The lowest BCUT2D eigenvalue weighted by Crippen LogP contribution is -2.31. The number of carbonyl (C=O) groups excluding carboxylic acids is 1. The highest BCUT2D eigenvalue weighted by Crippen LogP contribution is 2.14. The minimum absolute atomic E-state index is 0.0716. The van der Waals surface area contributed by atoms with Crippen molar-refractivity contribution in [1.82, 2.24) is 9.78 Å². The van der Waals surface area contributed by atoms with Crippen LogP contribution in [0.5, 0.6) is 0 Å². The second kappa shape index (κ2) is 6.55. The molecule has 0 amide bonds. The van der Waals surface area contributed by atoms with Crippen LogP contribution in [0, 0.1) is 0 Å². The second-order valence-corrected chi connectivity index (χ2v) is 4.42. The maximum absolute atomic E-state index is 11.7. The van der Waals surface area contributed by atoms with Crippen molar-refractivity contribution in [3.63, 3.8) is 0 Å². The molecule has 4 nitrogen and oxygen atoms in total. The largest absolute Gasteiger partial charge is 0.322 e. The van der Waals surface area contributed by atoms with E-state index in [1.807, 2.05) is 23.9 Å². The van der Waals surface area contributed by atoms with E-state index in [1.165, 1.54) is 0 Å². The molecule has 0 aliphatic carbocycles. The van der Waals surface area contributed by atoms with Gasteiger partial charge in [0.15, 0.2) is 5.78 Å². The minimum Gasteiger partial charge on any atom is -0.322 e. The van der Waals surface area contributed by atoms with Crippen LogP contribution in [0.25, 0.3) is 0 Å². The molecule has 0 aliphatic rings. The maximum atomic E-state index is 11.7. The average molecular weight is 237 g/mol. The topological polar surface area (TPSA) is 60.9 Å². The van der Waals surface area contributed by atoms with Crippen LogP contribution in [-0.2, 0) is 11.2 Å². The number of nitrogens with zero attached hydrogens (tertiary/aromatic N) is 2. The van der Waals surface area contributed by atoms with Crippen LogP contribution in [-0.4, -0.2) is 21.6 Å². The Morgan fingerprint density at radius 1 is 1.35 bits per heavy atom. The minimum atomic E-state index is -0.353. The Bertz CT molecular complexity index is 355. The number of hydrogen-bond acceptors (Lipinski definition) is 3. The summed E-state index contributed by atoms with van der Waals surface area (Å²) in [4.78, 5) is 11.7. The second-order valence-electron chi connectivity index (χ2n) is 4.42. The molecule has 1 heterocycles. The van der Waals surface area contributed by atoms with Gasteiger partial charge in [-0.2, -0.15) is 5.10 Å². The molecule has 1 aromatic heterocycles. The van der Waals surface area contributed by atoms with Crippen LogP contribution in [0.15, 0.2) is 12.3 Å². The molecular weight excluding hydrogens is 214 g/mol. The first kappa shape index (κ1) is 13.9. The Labute approximate surface area is 103 Å². The van der Waals surface area contributed by atoms with Gasteiger partial charge >= 0.3 is 0 Å². The van der Waals surface area contributed by atoms with Crippen molar-refractivity contribution >= 4 is 5.78 Å². The predicted molar refractivity (Wildman–Crippen MR) is 68.8 cm³/mol. The van der Waals surface area contributed by atoms with Gasteiger partial charge in [0.2, 0.25) is 0 Å². The molecule has 0 aliphatic heterocycles. The first-order valence-corrected chi connectivity index (χ1v) is 6.44. The van der Waals surface area contributed by atoms with Gasteiger partial charge in [-0.25, -0.2) is 0 Å². The summed E-state index contributed by atoms with van der Waals surface area (Å²) in [5.74, 6) is 0.0716. The van der Waals surface area contributed by atoms with Crippen LogP contribution in [0.3, 0.4) is 0 Å². The van der Waals surface area contributed by atoms with Gasteiger partial charge in [0.1, 0.15) is 0 Å². The summed E-state index contributed by atoms with van der Waals surface area (Å²) < 4.78 is 1.96. The summed E-state index contributed by atoms with van der Waals surface area (Å²) in [5, 5.41) is 4.45. The molecule has 0 saturated carbocycles. The number of rotatable bonds is 7. The van der Waals surface area contributed by atoms with E-state index >= 15 is 0 Å². The third-order valence-electron chi connectivity index (χ3n) is 3.19. The van der Waals surface area contributed by atoms with E-state index in [4.69, 9.17) is 5.73 Å². The predicted octanol–water partition coefficient (Wildman–Crippen LogP) is 2.09. The van der Waals surface area contributed by atoms with Gasteiger partial charge in [-0.05, 0) is 25.3 Å². The van der Waals surface area contributed by atoms with Crippen molar-refractivity contribution in [2.75, 3.05) is 0 Å². The molecule has 96 valence electrons. The van der Waals surface area contributed by atoms with Gasteiger partial charge in [0.25, 0.3) is 0 Å². The van der Waals surface area contributed by atoms with Gasteiger partial charge in [-0.15, -0.1) is 0 Å². The van der Waals surface area contributed by atoms with E-state index in [9.17, 15) is 4.79 Å². The number of Topliss-reactive ketones (excluding diaryl/α,β-unsaturated/α-hetero) is 1. The van der Waals surface area contributed by atoms with Crippen molar-refractivity contribution in [1.29, 1.82) is 0 Å². The Hall–Kier alpha value is -1.16. The van der Waals surface area contributed by atoms with Gasteiger partial charge in [0.05, 0.1) is 24.2 Å². The lowest BCUT2D eigenvalue weighted by atomic mass is 10.1. The fourth-order valence-corrected chi connectivity index (χ4v) is 1.88. The number of ketones is 1. The standard InChI is InChI=1S/C13H23N3O/c1-4-11(5-2)16-8-7-10(15-16)9-13(17)12(14)6-3/h7-8,11-12H,4-6,9,14H2,1-3H3. The molecule has 1 unspecified atom stereocenters. The molecule has 1 aromatic rings. The zero-order valence-electron chi connectivity index (χ0n) is 11.0. The van der Waals surface area contributed by atoms with Crippen LogP contribution in [0.4, 0.5) is 0 Å². The monoisotopic (exact) mass is 237 g/mol. The highest BCUT2D eigenvalue weighted by atomic mass is 16.1. The molecule has 1 rings (SSSR count). The molecule has 0 fully saturated rings. The third kappa shape index (κ3) is 3.66. The van der Waals surface area contributed by atoms with Gasteiger partial charge < -0.3 is 5.73 Å². The van der Waals surface area contributed by atoms with E-state index in [0.29, 0.717) is 18.9 Å². The highest BCUT2D eigenvalue weighted by molar-refractivity contribution is 5.85. The molecule has 0 spiro atoms. The molecule has 1 atom stereocenters. The quantitative estimate of drug-likeness (QED) is 0.790. The highest BCUT2D eigenvalue weighted by Gasteiger charge is 2.14. The first-order chi connectivity index (χ1) is 8.12. The number of hydrogen-bond donors (Lipinski definition) is 1. The van der Waals surface area contributed by atoms with Crippen molar-refractivity contribution in [2.24, 2.45) is 5.73 Å². The van der Waals surface area contributed by atoms with E-state index in [0.717, 1.165) is 18.5 Å². The zero-order chi connectivity index (χ0) is 12.8. The maximum Gasteiger partial charge on any atom is 0.155 e. The Kier molecular flexibility index (Phi) is 5.35. The first-order valence-electron chi connectivity index (χ1n) is 6.44. The molecule has 0 saturated heterocycles. The van der Waals surface area contributed by atoms with E-state index in [-0.39, 0.29) is 11.8 Å². The molecule has 2 N–H and O–H groups in total. The average Bonchev–Trinajstić information content (AvgIpc) is 2.78. The van der Waals surface area contributed by atoms with Gasteiger partial charge in [0, 0.05) is 6.20 Å². The summed E-state index contributed by atoms with van der Waals surface area (Å²) >= 11 is 0. The van der Waals surface area contributed by atoms with Crippen molar-refractivity contribution in [2.45, 2.75) is 58.5 Å². The van der Waals surface area contributed by atoms with Gasteiger partial charge in [-0.3, -0.25) is 9.48 Å². The van der Waals surface area contributed by atoms with Crippen LogP contribution >= 0.6 is 0 Å². The van der Waals surface area contributed by atoms with E-state index < -0.39 is 0 Å². The number of carbonyl (C=O) groups is 1. The number of aromatic nitrogens is 2. The van der Waals surface area contributed by atoms with Crippen LogP contribution in [0.2, 0.25) is 0 Å². The lowest BCUT2D eigenvalue weighted by Gasteiger charge is -2.12. The summed E-state index contributed by atoms with van der Waals surface area (Å²) in [6, 6.07) is 1.99. The molecule has 4 heteroatoms. The Morgan fingerprint density at radius 2 is 2.00 bits per heavy atom. The molecule has 0 aromatic carbocycles. The third-order valence-corrected chi connectivity index (χ3v) is 3.19. The molecule has 0 bridgehead atoms. The summed E-state index contributed by atoms with van der Waals surface area (Å²) in [6.07, 6.45) is 5.10. The Morgan fingerprint density at radius 3 is 2.53 bits per heavy atom. The van der Waals surface area contributed by atoms with Crippen molar-refractivity contribution in [3.8, 4) is 0 Å². The number of nitrogens with two attached hydrogens (primary N) is 1. The van der Waals surface area contributed by atoms with Crippen molar-refractivity contribution in [3.05, 3.63) is 18.0 Å². The SMILES string of the molecule is CCC(N)C(=O)Cc1ccn(C(CC)CC)n1. The van der Waals surface area contributed by atoms with Crippen molar-refractivity contribution < 1.29 is 4.79 Å². The van der Waals surface area contributed by atoms with E-state index in [2.05, 4.69) is 18.9 Å². The van der Waals surface area contributed by atoms with Crippen LogP contribution < -0.4 is 5.73 Å². The summed E-state index contributed by atoms with van der Waals surface area (Å²) in [6.45, 7) is 6.21. The van der Waals surface area contributed by atoms with E-state index in [1.54, 1.807) is 0 Å². The normalized spacial score (nSPS) is 13.0. The zero-order valence-corrected chi connectivity index (χ0v) is 11.0. The molecule has 0 radical (unpaired) electrons.